The zero-order chi connectivity index (χ0) is 14.6. The minimum atomic E-state index is 0.263. The maximum absolute atomic E-state index is 8.70. The first kappa shape index (κ1) is 17.0. The van der Waals surface area contributed by atoms with Crippen LogP contribution in [0, 0.1) is 0 Å². The molecule has 0 aliphatic heterocycles. The van der Waals surface area contributed by atoms with E-state index in [1.165, 1.54) is 0 Å². The number of thioether (sulfide) groups is 1. The Balaban J connectivity index is 2.46. The van der Waals surface area contributed by atoms with Gasteiger partial charge in [-0.1, -0.05) is 0 Å². The molecule has 114 valence electrons. The number of nitrogens with one attached hydrogen (secondary N) is 2. The Labute approximate surface area is 124 Å². The molecule has 1 aromatic heterocycles. The van der Waals surface area contributed by atoms with Gasteiger partial charge >= 0.3 is 0 Å². The molecule has 20 heavy (non-hydrogen) atoms. The topological polar surface area (TPSA) is 79.3 Å². The number of hydrogen-bond acceptors (Lipinski definition) is 7. The fraction of sp³-hybridized carbons (Fsp3) is 0.692. The van der Waals surface area contributed by atoms with Gasteiger partial charge in [-0.2, -0.15) is 11.8 Å². The minimum Gasteiger partial charge on any atom is -0.396 e. The second-order valence-corrected chi connectivity index (χ2v) is 5.36. The van der Waals surface area contributed by atoms with Crippen LogP contribution in [0.4, 0.5) is 11.6 Å². The first-order valence-electron chi connectivity index (χ1n) is 6.83. The molecular weight excluding hydrogens is 276 g/mol. The molecular formula is C13H24N4O2S. The van der Waals surface area contributed by atoms with Crippen molar-refractivity contribution >= 4 is 23.4 Å². The molecule has 0 aliphatic rings. The monoisotopic (exact) mass is 300 g/mol. The number of hydrogen-bond donors (Lipinski definition) is 3. The highest BCUT2D eigenvalue weighted by molar-refractivity contribution is 7.99. The lowest BCUT2D eigenvalue weighted by atomic mass is 10.4. The molecule has 1 aromatic rings. The average molecular weight is 300 g/mol. The van der Waals surface area contributed by atoms with Crippen LogP contribution in [0.25, 0.3) is 0 Å². The fourth-order valence-corrected chi connectivity index (χ4v) is 2.36. The predicted octanol–water partition coefficient (Wildman–Crippen LogP) is 1.58. The van der Waals surface area contributed by atoms with Crippen molar-refractivity contribution in [2.24, 2.45) is 0 Å². The van der Waals surface area contributed by atoms with E-state index >= 15 is 0 Å². The van der Waals surface area contributed by atoms with Crippen LogP contribution in [0.15, 0.2) is 6.07 Å². The highest BCUT2D eigenvalue weighted by Gasteiger charge is 2.03. The molecule has 0 atom stereocenters. The summed E-state index contributed by atoms with van der Waals surface area (Å²) in [6.45, 7) is 4.35. The van der Waals surface area contributed by atoms with E-state index in [9.17, 15) is 0 Å². The van der Waals surface area contributed by atoms with Crippen LogP contribution in [-0.4, -0.2) is 53.4 Å². The Bertz CT molecular complexity index is 355. The first-order valence-corrected chi connectivity index (χ1v) is 7.98. The maximum atomic E-state index is 8.70. The zero-order valence-corrected chi connectivity index (χ0v) is 13.0. The van der Waals surface area contributed by atoms with Crippen molar-refractivity contribution in [2.45, 2.75) is 20.0 Å². The highest BCUT2D eigenvalue weighted by atomic mass is 32.2. The molecule has 0 saturated carbocycles. The van der Waals surface area contributed by atoms with Gasteiger partial charge in [0.05, 0.1) is 0 Å². The van der Waals surface area contributed by atoms with Crippen molar-refractivity contribution in [2.75, 3.05) is 48.9 Å². The Morgan fingerprint density at radius 1 is 1.25 bits per heavy atom. The molecule has 0 unspecified atom stereocenters. The molecule has 1 heterocycles. The molecule has 1 rings (SSSR count). The summed E-state index contributed by atoms with van der Waals surface area (Å²) in [5.41, 5.74) is 0. The van der Waals surface area contributed by atoms with E-state index in [2.05, 4.69) is 20.6 Å². The quantitative estimate of drug-likeness (QED) is 0.535. The van der Waals surface area contributed by atoms with Gasteiger partial charge in [0.15, 0.2) is 5.82 Å². The van der Waals surface area contributed by atoms with E-state index in [4.69, 9.17) is 9.84 Å². The second kappa shape index (κ2) is 10.7. The number of methoxy groups -OCH3 is 1. The fourth-order valence-electron chi connectivity index (χ4n) is 1.57. The van der Waals surface area contributed by atoms with Gasteiger partial charge in [-0.15, -0.1) is 0 Å². The summed E-state index contributed by atoms with van der Waals surface area (Å²) in [4.78, 5) is 8.76. The molecule has 6 nitrogen and oxygen atoms in total. The Morgan fingerprint density at radius 3 is 2.65 bits per heavy atom. The number of rotatable bonds is 11. The third-order valence-corrected chi connectivity index (χ3v) is 3.47. The van der Waals surface area contributed by atoms with Crippen molar-refractivity contribution < 1.29 is 9.84 Å². The summed E-state index contributed by atoms with van der Waals surface area (Å²) in [7, 11) is 1.63. The van der Waals surface area contributed by atoms with Crippen LogP contribution in [0.3, 0.4) is 0 Å². The molecule has 0 amide bonds. The largest absolute Gasteiger partial charge is 0.396 e. The summed E-state index contributed by atoms with van der Waals surface area (Å²) in [6, 6.07) is 1.90. The van der Waals surface area contributed by atoms with Crippen molar-refractivity contribution in [3.05, 3.63) is 11.9 Å². The van der Waals surface area contributed by atoms with E-state index in [1.54, 1.807) is 7.11 Å². The zero-order valence-electron chi connectivity index (χ0n) is 12.2. The molecule has 0 radical (unpaired) electrons. The van der Waals surface area contributed by atoms with Gasteiger partial charge in [0, 0.05) is 38.6 Å². The molecule has 0 aliphatic carbocycles. The predicted molar refractivity (Wildman–Crippen MR) is 84.4 cm³/mol. The van der Waals surface area contributed by atoms with Gasteiger partial charge in [0.1, 0.15) is 18.2 Å². The van der Waals surface area contributed by atoms with Gasteiger partial charge in [-0.05, 0) is 19.1 Å². The van der Waals surface area contributed by atoms with Crippen molar-refractivity contribution in [1.29, 1.82) is 0 Å². The van der Waals surface area contributed by atoms with Gasteiger partial charge in [0.25, 0.3) is 0 Å². The standard InChI is InChI=1S/C13H24N4O2S/c1-3-14-11-9-12(17-13(16-11)10-19-2)15-5-8-20-7-4-6-18/h9,18H,3-8,10H2,1-2H3,(H2,14,15,16,17). The maximum Gasteiger partial charge on any atom is 0.158 e. The van der Waals surface area contributed by atoms with Gasteiger partial charge in [-0.3, -0.25) is 0 Å². The molecule has 0 saturated heterocycles. The lowest BCUT2D eigenvalue weighted by molar-refractivity contribution is 0.178. The minimum absolute atomic E-state index is 0.263. The molecule has 0 fully saturated rings. The number of ether oxygens (including phenoxy) is 1. The molecule has 7 heteroatoms. The van der Waals surface area contributed by atoms with Crippen LogP contribution >= 0.6 is 11.8 Å². The lowest BCUT2D eigenvalue weighted by Crippen LogP contribution is -2.10. The van der Waals surface area contributed by atoms with Crippen LogP contribution in [0.1, 0.15) is 19.2 Å². The van der Waals surface area contributed by atoms with E-state index in [1.807, 2.05) is 24.8 Å². The van der Waals surface area contributed by atoms with Crippen LogP contribution in [0.5, 0.6) is 0 Å². The Kier molecular flexibility index (Phi) is 9.10. The van der Waals surface area contributed by atoms with E-state index in [0.29, 0.717) is 12.4 Å². The molecule has 0 spiro atoms. The van der Waals surface area contributed by atoms with Gasteiger partial charge < -0.3 is 20.5 Å². The smallest absolute Gasteiger partial charge is 0.158 e. The highest BCUT2D eigenvalue weighted by Crippen LogP contribution is 2.12. The Morgan fingerprint density at radius 2 is 2.00 bits per heavy atom. The van der Waals surface area contributed by atoms with E-state index in [0.717, 1.165) is 42.7 Å². The molecule has 3 N–H and O–H groups in total. The van der Waals surface area contributed by atoms with Gasteiger partial charge in [-0.25, -0.2) is 9.97 Å². The third kappa shape index (κ3) is 6.93. The SMILES string of the molecule is CCNc1cc(NCCSCCCO)nc(COC)n1. The average Bonchev–Trinajstić information content (AvgIpc) is 2.43. The summed E-state index contributed by atoms with van der Waals surface area (Å²) in [6.07, 6.45) is 0.848. The van der Waals surface area contributed by atoms with Crippen LogP contribution in [0.2, 0.25) is 0 Å². The second-order valence-electron chi connectivity index (χ2n) is 4.13. The lowest BCUT2D eigenvalue weighted by Gasteiger charge is -2.10. The number of anilines is 2. The summed E-state index contributed by atoms with van der Waals surface area (Å²) >= 11 is 1.82. The summed E-state index contributed by atoms with van der Waals surface area (Å²) < 4.78 is 5.08. The first-order chi connectivity index (χ1) is 9.80. The van der Waals surface area contributed by atoms with Gasteiger partial charge in [0.2, 0.25) is 0 Å². The normalized spacial score (nSPS) is 10.6. The number of aliphatic hydroxyl groups excluding tert-OH is 1. The van der Waals surface area contributed by atoms with Crippen molar-refractivity contribution in [3.8, 4) is 0 Å². The van der Waals surface area contributed by atoms with Crippen molar-refractivity contribution in [1.82, 2.24) is 9.97 Å². The van der Waals surface area contributed by atoms with Crippen molar-refractivity contribution in [3.63, 3.8) is 0 Å². The summed E-state index contributed by atoms with van der Waals surface area (Å²) in [5.74, 6) is 4.26. The third-order valence-electron chi connectivity index (χ3n) is 2.40. The molecule has 0 bridgehead atoms. The summed E-state index contributed by atoms with van der Waals surface area (Å²) in [5, 5.41) is 15.2. The van der Waals surface area contributed by atoms with E-state index in [-0.39, 0.29) is 6.61 Å². The molecule has 0 aromatic carbocycles. The van der Waals surface area contributed by atoms with Crippen LogP contribution in [-0.2, 0) is 11.3 Å². The van der Waals surface area contributed by atoms with Crippen LogP contribution < -0.4 is 10.6 Å². The number of aromatic nitrogens is 2. The number of aliphatic hydroxyl groups is 1. The number of nitrogens with zero attached hydrogens (tertiary/aromatic N) is 2. The Hall–Kier alpha value is -1.05. The van der Waals surface area contributed by atoms with E-state index < -0.39 is 0 Å².